The highest BCUT2D eigenvalue weighted by atomic mass is 16.4. The SMILES string of the molecule is C=C(CCC(N)C(=O)O)C(=O)O. The fraction of sp³-hybridized carbons (Fsp3) is 0.429. The summed E-state index contributed by atoms with van der Waals surface area (Å²) >= 11 is 0. The van der Waals surface area contributed by atoms with E-state index in [1.54, 1.807) is 0 Å². The summed E-state index contributed by atoms with van der Waals surface area (Å²) in [6, 6.07) is -1.01. The molecule has 0 radical (unpaired) electrons. The molecule has 0 heterocycles. The minimum Gasteiger partial charge on any atom is -0.480 e. The highest BCUT2D eigenvalue weighted by molar-refractivity contribution is 5.85. The molecule has 0 aliphatic rings. The molecule has 0 aromatic rings. The van der Waals surface area contributed by atoms with Crippen LogP contribution >= 0.6 is 0 Å². The highest BCUT2D eigenvalue weighted by Crippen LogP contribution is 2.04. The molecule has 4 N–H and O–H groups in total. The van der Waals surface area contributed by atoms with Crippen molar-refractivity contribution in [3.63, 3.8) is 0 Å². The van der Waals surface area contributed by atoms with Gasteiger partial charge in [-0.15, -0.1) is 0 Å². The lowest BCUT2D eigenvalue weighted by Crippen LogP contribution is -2.30. The van der Waals surface area contributed by atoms with E-state index in [4.69, 9.17) is 15.9 Å². The van der Waals surface area contributed by atoms with Gasteiger partial charge < -0.3 is 15.9 Å². The fourth-order valence-corrected chi connectivity index (χ4v) is 0.560. The van der Waals surface area contributed by atoms with Gasteiger partial charge in [0.1, 0.15) is 6.04 Å². The van der Waals surface area contributed by atoms with Crippen LogP contribution in [0.5, 0.6) is 0 Å². The summed E-state index contributed by atoms with van der Waals surface area (Å²) in [5, 5.41) is 16.7. The lowest BCUT2D eigenvalue weighted by molar-refractivity contribution is -0.139. The second-order valence-electron chi connectivity index (χ2n) is 2.39. The summed E-state index contributed by atoms with van der Waals surface area (Å²) in [5.41, 5.74) is 5.11. The Kier molecular flexibility index (Phi) is 3.99. The predicted molar refractivity (Wildman–Crippen MR) is 41.6 cm³/mol. The zero-order valence-corrected chi connectivity index (χ0v) is 6.49. The second kappa shape index (κ2) is 4.50. The molecular weight excluding hydrogens is 162 g/mol. The zero-order chi connectivity index (χ0) is 9.72. The van der Waals surface area contributed by atoms with E-state index in [9.17, 15) is 9.59 Å². The van der Waals surface area contributed by atoms with Crippen molar-refractivity contribution in [2.24, 2.45) is 5.73 Å². The van der Waals surface area contributed by atoms with Gasteiger partial charge in [-0.3, -0.25) is 4.79 Å². The molecule has 0 bridgehead atoms. The summed E-state index contributed by atoms with van der Waals surface area (Å²) < 4.78 is 0. The van der Waals surface area contributed by atoms with Gasteiger partial charge in [-0.2, -0.15) is 0 Å². The van der Waals surface area contributed by atoms with Crippen molar-refractivity contribution < 1.29 is 19.8 Å². The van der Waals surface area contributed by atoms with Gasteiger partial charge in [0.05, 0.1) is 0 Å². The zero-order valence-electron chi connectivity index (χ0n) is 6.49. The number of nitrogens with two attached hydrogens (primary N) is 1. The van der Waals surface area contributed by atoms with E-state index >= 15 is 0 Å². The molecule has 68 valence electrons. The lowest BCUT2D eigenvalue weighted by atomic mass is 10.1. The first-order valence-corrected chi connectivity index (χ1v) is 3.34. The van der Waals surface area contributed by atoms with Gasteiger partial charge in [-0.1, -0.05) is 6.58 Å². The van der Waals surface area contributed by atoms with Gasteiger partial charge in [0, 0.05) is 5.57 Å². The number of carbonyl (C=O) groups is 2. The van der Waals surface area contributed by atoms with Crippen molar-refractivity contribution >= 4 is 11.9 Å². The molecule has 0 spiro atoms. The molecular formula is C7H11NO4. The van der Waals surface area contributed by atoms with Gasteiger partial charge in [-0.05, 0) is 12.8 Å². The molecule has 0 amide bonds. The van der Waals surface area contributed by atoms with Gasteiger partial charge in [0.15, 0.2) is 0 Å². The van der Waals surface area contributed by atoms with Crippen LogP contribution in [0.1, 0.15) is 12.8 Å². The Labute approximate surface area is 69.5 Å². The van der Waals surface area contributed by atoms with Gasteiger partial charge in [-0.25, -0.2) is 4.79 Å². The Morgan fingerprint density at radius 1 is 1.42 bits per heavy atom. The molecule has 0 aromatic heterocycles. The topological polar surface area (TPSA) is 101 Å². The smallest absolute Gasteiger partial charge is 0.330 e. The van der Waals surface area contributed by atoms with E-state index in [1.807, 2.05) is 0 Å². The largest absolute Gasteiger partial charge is 0.480 e. The molecule has 0 fully saturated rings. The first kappa shape index (κ1) is 10.6. The Morgan fingerprint density at radius 2 is 1.92 bits per heavy atom. The number of carboxylic acid groups (broad SMARTS) is 2. The third-order valence-electron chi connectivity index (χ3n) is 1.38. The molecule has 0 saturated carbocycles. The molecule has 0 aromatic carbocycles. The van der Waals surface area contributed by atoms with Gasteiger partial charge in [0.2, 0.25) is 0 Å². The van der Waals surface area contributed by atoms with Crippen molar-refractivity contribution in [2.75, 3.05) is 0 Å². The van der Waals surface area contributed by atoms with Crippen molar-refractivity contribution in [3.8, 4) is 0 Å². The monoisotopic (exact) mass is 173 g/mol. The lowest BCUT2D eigenvalue weighted by Gasteiger charge is -2.04. The summed E-state index contributed by atoms with van der Waals surface area (Å²) in [7, 11) is 0. The molecule has 0 aliphatic carbocycles. The van der Waals surface area contributed by atoms with E-state index in [2.05, 4.69) is 6.58 Å². The Hall–Kier alpha value is -1.36. The van der Waals surface area contributed by atoms with Crippen LogP contribution in [0.3, 0.4) is 0 Å². The van der Waals surface area contributed by atoms with Crippen LogP contribution in [0.15, 0.2) is 12.2 Å². The Balaban J connectivity index is 3.76. The fourth-order valence-electron chi connectivity index (χ4n) is 0.560. The normalized spacial score (nSPS) is 12.1. The number of carboxylic acids is 2. The van der Waals surface area contributed by atoms with Crippen molar-refractivity contribution in [3.05, 3.63) is 12.2 Å². The third kappa shape index (κ3) is 3.72. The van der Waals surface area contributed by atoms with Crippen molar-refractivity contribution in [2.45, 2.75) is 18.9 Å². The molecule has 1 unspecified atom stereocenters. The predicted octanol–water partition coefficient (Wildman–Crippen LogP) is -0.181. The molecule has 5 heteroatoms. The Bertz CT molecular complexity index is 211. The second-order valence-corrected chi connectivity index (χ2v) is 2.39. The summed E-state index contributed by atoms with van der Waals surface area (Å²) in [5.74, 6) is -2.25. The average molecular weight is 173 g/mol. The molecule has 1 atom stereocenters. The average Bonchev–Trinajstić information content (AvgIpc) is 1.98. The molecule has 0 saturated heterocycles. The van der Waals surface area contributed by atoms with Gasteiger partial charge >= 0.3 is 11.9 Å². The van der Waals surface area contributed by atoms with E-state index in [-0.39, 0.29) is 18.4 Å². The number of aliphatic carboxylic acids is 2. The summed E-state index contributed by atoms with van der Waals surface area (Å²) in [6.07, 6.45) is 0.198. The minimum atomic E-state index is -1.13. The molecule has 5 nitrogen and oxygen atoms in total. The first-order chi connectivity index (χ1) is 5.45. The summed E-state index contributed by atoms with van der Waals surface area (Å²) in [6.45, 7) is 3.24. The van der Waals surface area contributed by atoms with Crippen molar-refractivity contribution in [1.29, 1.82) is 0 Å². The third-order valence-corrected chi connectivity index (χ3v) is 1.38. The Morgan fingerprint density at radius 3 is 2.25 bits per heavy atom. The maximum Gasteiger partial charge on any atom is 0.330 e. The minimum absolute atomic E-state index is 0.0216. The van der Waals surface area contributed by atoms with Crippen LogP contribution in [-0.4, -0.2) is 28.2 Å². The van der Waals surface area contributed by atoms with Crippen molar-refractivity contribution in [1.82, 2.24) is 0 Å². The van der Waals surface area contributed by atoms with E-state index in [0.29, 0.717) is 0 Å². The molecule has 12 heavy (non-hydrogen) atoms. The van der Waals surface area contributed by atoms with Gasteiger partial charge in [0.25, 0.3) is 0 Å². The number of hydrogen-bond donors (Lipinski definition) is 3. The molecule has 0 rings (SSSR count). The maximum atomic E-state index is 10.2. The first-order valence-electron chi connectivity index (χ1n) is 3.34. The van der Waals surface area contributed by atoms with Crippen LogP contribution in [0.25, 0.3) is 0 Å². The maximum absolute atomic E-state index is 10.2. The van der Waals surface area contributed by atoms with Crippen LogP contribution in [-0.2, 0) is 9.59 Å². The number of rotatable bonds is 5. The quantitative estimate of drug-likeness (QED) is 0.500. The molecule has 0 aliphatic heterocycles. The summed E-state index contributed by atoms with van der Waals surface area (Å²) in [4.78, 5) is 20.4. The number of hydrogen-bond acceptors (Lipinski definition) is 3. The van der Waals surface area contributed by atoms with Crippen LogP contribution in [0.2, 0.25) is 0 Å². The van der Waals surface area contributed by atoms with E-state index < -0.39 is 18.0 Å². The standard InChI is InChI=1S/C7H11NO4/c1-4(6(9)10)2-3-5(8)7(11)12/h5H,1-3,8H2,(H,9,10)(H,11,12). The van der Waals surface area contributed by atoms with Crippen LogP contribution < -0.4 is 5.73 Å². The van der Waals surface area contributed by atoms with E-state index in [1.165, 1.54) is 0 Å². The van der Waals surface area contributed by atoms with Crippen LogP contribution in [0, 0.1) is 0 Å². The van der Waals surface area contributed by atoms with E-state index in [0.717, 1.165) is 0 Å². The van der Waals surface area contributed by atoms with Crippen LogP contribution in [0.4, 0.5) is 0 Å². The highest BCUT2D eigenvalue weighted by Gasteiger charge is 2.13.